The minimum absolute atomic E-state index is 0.189. The quantitative estimate of drug-likeness (QED) is 0.731. The SMILES string of the molecule is Fc1ccccc1COc1cccc(CNc2nn[nH]n2)c1. The van der Waals surface area contributed by atoms with Gasteiger partial charge in [-0.05, 0) is 29.0 Å². The molecule has 0 aliphatic heterocycles. The second-order valence-electron chi connectivity index (χ2n) is 4.62. The molecule has 0 radical (unpaired) electrons. The van der Waals surface area contributed by atoms with Crippen LogP contribution in [0.1, 0.15) is 11.1 Å². The van der Waals surface area contributed by atoms with Gasteiger partial charge in [0.25, 0.3) is 5.95 Å². The standard InChI is InChI=1S/C15H14FN5O/c16-14-7-2-1-5-12(14)10-22-13-6-3-4-11(8-13)9-17-15-18-20-21-19-15/h1-8H,9-10H2,(H2,17,18,19,20,21). The third-order valence-electron chi connectivity index (χ3n) is 3.05. The average Bonchev–Trinajstić information content (AvgIpc) is 3.06. The second kappa shape index (κ2) is 6.66. The number of ether oxygens (including phenoxy) is 1. The van der Waals surface area contributed by atoms with Crippen LogP contribution in [0.3, 0.4) is 0 Å². The summed E-state index contributed by atoms with van der Waals surface area (Å²) in [6.07, 6.45) is 0. The summed E-state index contributed by atoms with van der Waals surface area (Å²) in [5.74, 6) is 0.839. The number of benzene rings is 2. The first kappa shape index (κ1) is 14.0. The first-order chi connectivity index (χ1) is 10.8. The van der Waals surface area contributed by atoms with Crippen molar-refractivity contribution in [2.45, 2.75) is 13.2 Å². The number of tetrazole rings is 1. The molecule has 0 amide bonds. The van der Waals surface area contributed by atoms with Crippen molar-refractivity contribution in [1.82, 2.24) is 20.6 Å². The third-order valence-corrected chi connectivity index (χ3v) is 3.05. The summed E-state index contributed by atoms with van der Waals surface area (Å²) in [5, 5.41) is 16.5. The maximum Gasteiger partial charge on any atom is 0.263 e. The Bertz CT molecular complexity index is 732. The van der Waals surface area contributed by atoms with E-state index in [-0.39, 0.29) is 12.4 Å². The summed E-state index contributed by atoms with van der Waals surface area (Å²) in [5.41, 5.74) is 1.52. The highest BCUT2D eigenvalue weighted by atomic mass is 19.1. The highest BCUT2D eigenvalue weighted by molar-refractivity contribution is 5.32. The molecule has 3 rings (SSSR count). The largest absolute Gasteiger partial charge is 0.489 e. The van der Waals surface area contributed by atoms with E-state index in [1.54, 1.807) is 18.2 Å². The lowest BCUT2D eigenvalue weighted by molar-refractivity contribution is 0.299. The number of aromatic nitrogens is 4. The molecule has 0 aliphatic carbocycles. The number of hydrogen-bond donors (Lipinski definition) is 2. The minimum Gasteiger partial charge on any atom is -0.489 e. The van der Waals surface area contributed by atoms with Crippen LogP contribution in [0.5, 0.6) is 5.75 Å². The fraction of sp³-hybridized carbons (Fsp3) is 0.133. The van der Waals surface area contributed by atoms with Gasteiger partial charge in [0.2, 0.25) is 0 Å². The fourth-order valence-corrected chi connectivity index (χ4v) is 1.94. The van der Waals surface area contributed by atoms with Crippen molar-refractivity contribution in [1.29, 1.82) is 0 Å². The van der Waals surface area contributed by atoms with Crippen molar-refractivity contribution in [3.05, 3.63) is 65.5 Å². The molecule has 2 aromatic carbocycles. The monoisotopic (exact) mass is 299 g/mol. The molecule has 3 aromatic rings. The van der Waals surface area contributed by atoms with Gasteiger partial charge in [0.15, 0.2) is 0 Å². The van der Waals surface area contributed by atoms with Crippen LogP contribution in [-0.2, 0) is 13.2 Å². The number of anilines is 1. The predicted molar refractivity (Wildman–Crippen MR) is 78.7 cm³/mol. The van der Waals surface area contributed by atoms with Gasteiger partial charge < -0.3 is 10.1 Å². The summed E-state index contributed by atoms with van der Waals surface area (Å²) in [6.45, 7) is 0.727. The van der Waals surface area contributed by atoms with Crippen molar-refractivity contribution in [3.63, 3.8) is 0 Å². The molecular formula is C15H14FN5O. The summed E-state index contributed by atoms with van der Waals surface area (Å²) < 4.78 is 19.2. The van der Waals surface area contributed by atoms with E-state index in [0.29, 0.717) is 23.8 Å². The Kier molecular flexibility index (Phi) is 4.24. The lowest BCUT2D eigenvalue weighted by Gasteiger charge is -2.09. The lowest BCUT2D eigenvalue weighted by atomic mass is 10.2. The molecule has 1 aromatic heterocycles. The first-order valence-electron chi connectivity index (χ1n) is 6.74. The van der Waals surface area contributed by atoms with Crippen LogP contribution in [-0.4, -0.2) is 20.6 Å². The molecule has 7 heteroatoms. The van der Waals surface area contributed by atoms with Gasteiger partial charge in [0.1, 0.15) is 18.2 Å². The Morgan fingerprint density at radius 3 is 2.86 bits per heavy atom. The van der Waals surface area contributed by atoms with Gasteiger partial charge in [-0.2, -0.15) is 5.21 Å². The van der Waals surface area contributed by atoms with E-state index in [4.69, 9.17) is 4.74 Å². The zero-order valence-corrected chi connectivity index (χ0v) is 11.7. The van der Waals surface area contributed by atoms with Gasteiger partial charge in [0, 0.05) is 12.1 Å². The molecule has 0 unspecified atom stereocenters. The van der Waals surface area contributed by atoms with Gasteiger partial charge in [-0.15, -0.1) is 5.10 Å². The summed E-state index contributed by atoms with van der Waals surface area (Å²) in [4.78, 5) is 0. The molecule has 0 saturated heterocycles. The van der Waals surface area contributed by atoms with Crippen molar-refractivity contribution in [3.8, 4) is 5.75 Å². The van der Waals surface area contributed by atoms with Crippen LogP contribution < -0.4 is 10.1 Å². The lowest BCUT2D eigenvalue weighted by Crippen LogP contribution is -2.02. The van der Waals surface area contributed by atoms with Gasteiger partial charge >= 0.3 is 0 Å². The predicted octanol–water partition coefficient (Wildman–Crippen LogP) is 2.53. The maximum absolute atomic E-state index is 13.5. The first-order valence-corrected chi connectivity index (χ1v) is 6.74. The summed E-state index contributed by atoms with van der Waals surface area (Å²) in [6, 6.07) is 14.1. The van der Waals surface area contributed by atoms with Crippen LogP contribution >= 0.6 is 0 Å². The Hall–Kier alpha value is -2.96. The fourth-order valence-electron chi connectivity index (χ4n) is 1.94. The molecule has 2 N–H and O–H groups in total. The average molecular weight is 299 g/mol. The van der Waals surface area contributed by atoms with E-state index in [1.807, 2.05) is 24.3 Å². The van der Waals surface area contributed by atoms with Crippen molar-refractivity contribution >= 4 is 5.95 Å². The van der Waals surface area contributed by atoms with E-state index in [1.165, 1.54) is 6.07 Å². The molecule has 1 heterocycles. The molecule has 0 bridgehead atoms. The number of aromatic amines is 1. The number of halogens is 1. The maximum atomic E-state index is 13.5. The van der Waals surface area contributed by atoms with E-state index >= 15 is 0 Å². The van der Waals surface area contributed by atoms with Crippen LogP contribution in [0.2, 0.25) is 0 Å². The van der Waals surface area contributed by atoms with Crippen LogP contribution in [0.4, 0.5) is 10.3 Å². The molecule has 0 spiro atoms. The summed E-state index contributed by atoms with van der Waals surface area (Å²) >= 11 is 0. The van der Waals surface area contributed by atoms with Crippen molar-refractivity contribution in [2.24, 2.45) is 0 Å². The molecule has 112 valence electrons. The second-order valence-corrected chi connectivity index (χ2v) is 4.62. The molecule has 0 atom stereocenters. The molecule has 6 nitrogen and oxygen atoms in total. The molecular weight excluding hydrogens is 285 g/mol. The van der Waals surface area contributed by atoms with E-state index < -0.39 is 0 Å². The normalized spacial score (nSPS) is 10.4. The zero-order valence-electron chi connectivity index (χ0n) is 11.7. The number of H-pyrrole nitrogens is 1. The number of hydrogen-bond acceptors (Lipinski definition) is 5. The van der Waals surface area contributed by atoms with Gasteiger partial charge in [0.05, 0.1) is 0 Å². The minimum atomic E-state index is -0.266. The smallest absolute Gasteiger partial charge is 0.263 e. The van der Waals surface area contributed by atoms with Gasteiger partial charge in [-0.3, -0.25) is 0 Å². The Morgan fingerprint density at radius 2 is 2.05 bits per heavy atom. The van der Waals surface area contributed by atoms with E-state index in [0.717, 1.165) is 5.56 Å². The van der Waals surface area contributed by atoms with Gasteiger partial charge in [-0.1, -0.05) is 35.4 Å². The van der Waals surface area contributed by atoms with E-state index in [2.05, 4.69) is 25.9 Å². The molecule has 22 heavy (non-hydrogen) atoms. The number of rotatable bonds is 6. The van der Waals surface area contributed by atoms with Crippen molar-refractivity contribution in [2.75, 3.05) is 5.32 Å². The summed E-state index contributed by atoms with van der Waals surface area (Å²) in [7, 11) is 0. The van der Waals surface area contributed by atoms with Crippen LogP contribution in [0.25, 0.3) is 0 Å². The molecule has 0 fully saturated rings. The van der Waals surface area contributed by atoms with Crippen LogP contribution in [0, 0.1) is 5.82 Å². The van der Waals surface area contributed by atoms with E-state index in [9.17, 15) is 4.39 Å². The Balaban J connectivity index is 1.60. The number of nitrogens with zero attached hydrogens (tertiary/aromatic N) is 3. The molecule has 0 aliphatic rings. The van der Waals surface area contributed by atoms with Crippen molar-refractivity contribution < 1.29 is 9.13 Å². The third kappa shape index (κ3) is 3.57. The highest BCUT2D eigenvalue weighted by Gasteiger charge is 2.03. The Labute approximate surface area is 126 Å². The Morgan fingerprint density at radius 1 is 1.14 bits per heavy atom. The van der Waals surface area contributed by atoms with Gasteiger partial charge in [-0.25, -0.2) is 4.39 Å². The molecule has 0 saturated carbocycles. The van der Waals surface area contributed by atoms with Crippen LogP contribution in [0.15, 0.2) is 48.5 Å². The zero-order chi connectivity index (χ0) is 15.2. The topological polar surface area (TPSA) is 75.7 Å². The number of nitrogens with one attached hydrogen (secondary N) is 2. The highest BCUT2D eigenvalue weighted by Crippen LogP contribution is 2.17.